The van der Waals surface area contributed by atoms with Gasteiger partial charge >= 0.3 is 0 Å². The summed E-state index contributed by atoms with van der Waals surface area (Å²) in [6.45, 7) is 2.94. The lowest BCUT2D eigenvalue weighted by Gasteiger charge is -2.30. The first-order valence-electron chi connectivity index (χ1n) is 8.42. The van der Waals surface area contributed by atoms with Crippen molar-refractivity contribution in [3.63, 3.8) is 0 Å². The molecule has 2 aliphatic rings. The SMILES string of the molecule is Cc1ccc(N2CC(C(=O)NC3(CN)CCCC3)CC2=O)cc1. The molecule has 5 nitrogen and oxygen atoms in total. The number of carbonyl (C=O) groups is 2. The Hall–Kier alpha value is -1.88. The van der Waals surface area contributed by atoms with Crippen molar-refractivity contribution in [3.05, 3.63) is 29.8 Å². The Morgan fingerprint density at radius 3 is 2.57 bits per heavy atom. The molecular formula is C18H25N3O2. The monoisotopic (exact) mass is 315 g/mol. The molecule has 0 aromatic heterocycles. The van der Waals surface area contributed by atoms with Gasteiger partial charge in [-0.15, -0.1) is 0 Å². The zero-order valence-electron chi connectivity index (χ0n) is 13.7. The molecule has 1 aliphatic heterocycles. The minimum Gasteiger partial charge on any atom is -0.349 e. The fraction of sp³-hybridized carbons (Fsp3) is 0.556. The Morgan fingerprint density at radius 1 is 1.30 bits per heavy atom. The molecule has 23 heavy (non-hydrogen) atoms. The summed E-state index contributed by atoms with van der Waals surface area (Å²) in [5, 5.41) is 3.14. The second kappa shape index (κ2) is 6.32. The molecule has 124 valence electrons. The lowest BCUT2D eigenvalue weighted by molar-refractivity contribution is -0.127. The average molecular weight is 315 g/mol. The lowest BCUT2D eigenvalue weighted by Crippen LogP contribution is -2.53. The highest BCUT2D eigenvalue weighted by Gasteiger charge is 2.40. The molecule has 0 spiro atoms. The van der Waals surface area contributed by atoms with Crippen molar-refractivity contribution in [2.75, 3.05) is 18.0 Å². The Labute approximate surface area is 137 Å². The summed E-state index contributed by atoms with van der Waals surface area (Å²) in [5.74, 6) is -0.296. The normalized spacial score (nSPS) is 23.3. The highest BCUT2D eigenvalue weighted by molar-refractivity contribution is 6.00. The zero-order chi connectivity index (χ0) is 16.4. The molecule has 2 fully saturated rings. The van der Waals surface area contributed by atoms with Gasteiger partial charge in [0.05, 0.1) is 11.5 Å². The third kappa shape index (κ3) is 3.24. The third-order valence-corrected chi connectivity index (χ3v) is 5.18. The van der Waals surface area contributed by atoms with Gasteiger partial charge in [0, 0.05) is 25.2 Å². The number of hydrogen-bond donors (Lipinski definition) is 2. The maximum atomic E-state index is 12.6. The summed E-state index contributed by atoms with van der Waals surface area (Å²) in [5.41, 5.74) is 7.65. The summed E-state index contributed by atoms with van der Waals surface area (Å²) in [7, 11) is 0. The van der Waals surface area contributed by atoms with E-state index in [2.05, 4.69) is 5.32 Å². The molecule has 1 aliphatic carbocycles. The number of nitrogens with one attached hydrogen (secondary N) is 1. The van der Waals surface area contributed by atoms with Crippen LogP contribution in [0, 0.1) is 12.8 Å². The Kier molecular flexibility index (Phi) is 4.39. The van der Waals surface area contributed by atoms with Crippen molar-refractivity contribution in [2.45, 2.75) is 44.6 Å². The Balaban J connectivity index is 1.67. The van der Waals surface area contributed by atoms with Crippen LogP contribution in [0.4, 0.5) is 5.69 Å². The third-order valence-electron chi connectivity index (χ3n) is 5.18. The summed E-state index contributed by atoms with van der Waals surface area (Å²) in [6.07, 6.45) is 4.38. The standard InChI is InChI=1S/C18H25N3O2/c1-13-4-6-15(7-5-13)21-11-14(10-16(21)22)17(23)20-18(12-19)8-2-3-9-18/h4-7,14H,2-3,8-12,19H2,1H3,(H,20,23). The van der Waals surface area contributed by atoms with Gasteiger partial charge in [0.2, 0.25) is 11.8 Å². The molecule has 1 unspecified atom stereocenters. The molecule has 3 rings (SSSR count). The van der Waals surface area contributed by atoms with Gasteiger partial charge in [0.1, 0.15) is 0 Å². The molecule has 0 radical (unpaired) electrons. The number of benzene rings is 1. The lowest BCUT2D eigenvalue weighted by atomic mass is 9.96. The highest BCUT2D eigenvalue weighted by Crippen LogP contribution is 2.30. The first-order chi connectivity index (χ1) is 11.0. The molecule has 2 amide bonds. The summed E-state index contributed by atoms with van der Waals surface area (Å²) >= 11 is 0. The van der Waals surface area contributed by atoms with E-state index >= 15 is 0 Å². The van der Waals surface area contributed by atoms with Crippen LogP contribution in [0.25, 0.3) is 0 Å². The largest absolute Gasteiger partial charge is 0.349 e. The van der Waals surface area contributed by atoms with Gasteiger partial charge in [-0.25, -0.2) is 0 Å². The number of hydrogen-bond acceptors (Lipinski definition) is 3. The van der Waals surface area contributed by atoms with Crippen LogP contribution >= 0.6 is 0 Å². The molecule has 1 atom stereocenters. The van der Waals surface area contributed by atoms with Crippen LogP contribution in [-0.2, 0) is 9.59 Å². The predicted molar refractivity (Wildman–Crippen MR) is 90.0 cm³/mol. The van der Waals surface area contributed by atoms with Crippen molar-refractivity contribution in [2.24, 2.45) is 11.7 Å². The number of nitrogens with two attached hydrogens (primary N) is 1. The van der Waals surface area contributed by atoms with Crippen molar-refractivity contribution >= 4 is 17.5 Å². The van der Waals surface area contributed by atoms with Crippen molar-refractivity contribution < 1.29 is 9.59 Å². The molecule has 1 saturated carbocycles. The van der Waals surface area contributed by atoms with Crippen molar-refractivity contribution in [3.8, 4) is 0 Å². The van der Waals surface area contributed by atoms with E-state index in [0.717, 1.165) is 36.9 Å². The Morgan fingerprint density at radius 2 is 1.96 bits per heavy atom. The van der Waals surface area contributed by atoms with E-state index in [9.17, 15) is 9.59 Å². The maximum Gasteiger partial charge on any atom is 0.227 e. The number of anilines is 1. The van der Waals surface area contributed by atoms with Crippen LogP contribution in [-0.4, -0.2) is 30.4 Å². The minimum atomic E-state index is -0.284. The van der Waals surface area contributed by atoms with E-state index in [4.69, 9.17) is 5.73 Å². The van der Waals surface area contributed by atoms with E-state index < -0.39 is 0 Å². The quantitative estimate of drug-likeness (QED) is 0.888. The maximum absolute atomic E-state index is 12.6. The molecule has 0 bridgehead atoms. The van der Waals surface area contributed by atoms with Crippen LogP contribution in [0.1, 0.15) is 37.7 Å². The number of rotatable bonds is 4. The molecule has 1 saturated heterocycles. The van der Waals surface area contributed by atoms with Gasteiger partial charge in [-0.1, -0.05) is 30.5 Å². The van der Waals surface area contributed by atoms with Crippen molar-refractivity contribution in [1.29, 1.82) is 0 Å². The smallest absolute Gasteiger partial charge is 0.227 e. The van der Waals surface area contributed by atoms with Gasteiger partial charge in [0.15, 0.2) is 0 Å². The molecule has 1 aromatic rings. The number of amides is 2. The average Bonchev–Trinajstić information content (AvgIpc) is 3.16. The van der Waals surface area contributed by atoms with E-state index in [1.165, 1.54) is 0 Å². The first kappa shape index (κ1) is 16.0. The zero-order valence-corrected chi connectivity index (χ0v) is 13.7. The van der Waals surface area contributed by atoms with Crippen LogP contribution < -0.4 is 16.0 Å². The van der Waals surface area contributed by atoms with Crippen molar-refractivity contribution in [1.82, 2.24) is 5.32 Å². The number of carbonyl (C=O) groups excluding carboxylic acids is 2. The van der Waals surface area contributed by atoms with Crippen LogP contribution in [0.5, 0.6) is 0 Å². The molecule has 5 heteroatoms. The summed E-state index contributed by atoms with van der Waals surface area (Å²) in [6, 6.07) is 7.84. The van der Waals surface area contributed by atoms with E-state index in [-0.39, 0.29) is 29.7 Å². The highest BCUT2D eigenvalue weighted by atomic mass is 16.2. The van der Waals surface area contributed by atoms with Gasteiger partial charge in [-0.3, -0.25) is 9.59 Å². The molecule has 1 heterocycles. The van der Waals surface area contributed by atoms with Gasteiger partial charge in [0.25, 0.3) is 0 Å². The second-order valence-corrected chi connectivity index (χ2v) is 6.92. The molecular weight excluding hydrogens is 290 g/mol. The van der Waals surface area contributed by atoms with Crippen LogP contribution in [0.15, 0.2) is 24.3 Å². The second-order valence-electron chi connectivity index (χ2n) is 6.92. The molecule has 1 aromatic carbocycles. The summed E-state index contributed by atoms with van der Waals surface area (Å²) < 4.78 is 0. The molecule has 3 N–H and O–H groups in total. The van der Waals surface area contributed by atoms with Crippen LogP contribution in [0.3, 0.4) is 0 Å². The fourth-order valence-corrected chi connectivity index (χ4v) is 3.65. The van der Waals surface area contributed by atoms with E-state index in [1.54, 1.807) is 4.90 Å². The van der Waals surface area contributed by atoms with Gasteiger partial charge in [-0.2, -0.15) is 0 Å². The predicted octanol–water partition coefficient (Wildman–Crippen LogP) is 1.74. The minimum absolute atomic E-state index is 0.0159. The van der Waals surface area contributed by atoms with Gasteiger partial charge < -0.3 is 16.0 Å². The number of aryl methyl sites for hydroxylation is 1. The summed E-state index contributed by atoms with van der Waals surface area (Å²) in [4.78, 5) is 26.6. The van der Waals surface area contributed by atoms with Crippen LogP contribution in [0.2, 0.25) is 0 Å². The number of nitrogens with zero attached hydrogens (tertiary/aromatic N) is 1. The fourth-order valence-electron chi connectivity index (χ4n) is 3.65. The Bertz CT molecular complexity index is 591. The van der Waals surface area contributed by atoms with E-state index in [1.807, 2.05) is 31.2 Å². The topological polar surface area (TPSA) is 75.4 Å². The first-order valence-corrected chi connectivity index (χ1v) is 8.42. The van der Waals surface area contributed by atoms with Gasteiger partial charge in [-0.05, 0) is 31.9 Å². The van der Waals surface area contributed by atoms with E-state index in [0.29, 0.717) is 13.1 Å².